The zero-order valence-corrected chi connectivity index (χ0v) is 11.7. The summed E-state index contributed by atoms with van der Waals surface area (Å²) in [6.45, 7) is 1.82. The van der Waals surface area contributed by atoms with Crippen molar-refractivity contribution >= 4 is 17.6 Å². The molecule has 1 heterocycles. The standard InChI is InChI=1S/C15H14ClNO3/c1-10-7-14(18)11(5-6-15(19)20)9-17(10)13-4-2-3-12(16)8-13/h2-4,7-9H,5-6H2,1H3,(H,19,20). The van der Waals surface area contributed by atoms with Crippen LogP contribution in [0.3, 0.4) is 0 Å². The number of hydrogen-bond donors (Lipinski definition) is 1. The van der Waals surface area contributed by atoms with Crippen molar-refractivity contribution < 1.29 is 9.90 Å². The van der Waals surface area contributed by atoms with E-state index in [0.717, 1.165) is 11.4 Å². The van der Waals surface area contributed by atoms with Crippen LogP contribution in [0.4, 0.5) is 0 Å². The summed E-state index contributed by atoms with van der Waals surface area (Å²) in [5, 5.41) is 9.32. The highest BCUT2D eigenvalue weighted by Crippen LogP contribution is 2.16. The SMILES string of the molecule is Cc1cc(=O)c(CCC(=O)O)cn1-c1cccc(Cl)c1. The van der Waals surface area contributed by atoms with Crippen molar-refractivity contribution in [1.29, 1.82) is 0 Å². The molecule has 0 spiro atoms. The molecule has 0 aliphatic rings. The van der Waals surface area contributed by atoms with E-state index in [4.69, 9.17) is 16.7 Å². The van der Waals surface area contributed by atoms with E-state index in [1.807, 2.05) is 23.6 Å². The molecular formula is C15H14ClNO3. The molecule has 0 aliphatic carbocycles. The number of carboxylic acids is 1. The maximum absolute atomic E-state index is 11.9. The maximum atomic E-state index is 11.9. The largest absolute Gasteiger partial charge is 0.481 e. The first kappa shape index (κ1) is 14.3. The fourth-order valence-corrected chi connectivity index (χ4v) is 2.19. The van der Waals surface area contributed by atoms with Crippen LogP contribution in [-0.2, 0) is 11.2 Å². The van der Waals surface area contributed by atoms with Crippen LogP contribution in [0.15, 0.2) is 41.3 Å². The summed E-state index contributed by atoms with van der Waals surface area (Å²) in [5.74, 6) is -0.917. The normalized spacial score (nSPS) is 10.5. The number of nitrogens with zero attached hydrogens (tertiary/aromatic N) is 1. The molecule has 5 heteroatoms. The van der Waals surface area contributed by atoms with Gasteiger partial charge in [-0.15, -0.1) is 0 Å². The van der Waals surface area contributed by atoms with E-state index in [0.29, 0.717) is 10.6 Å². The zero-order valence-electron chi connectivity index (χ0n) is 11.0. The lowest BCUT2D eigenvalue weighted by atomic mass is 10.1. The Morgan fingerprint density at radius 3 is 2.75 bits per heavy atom. The van der Waals surface area contributed by atoms with Crippen molar-refractivity contribution in [3.63, 3.8) is 0 Å². The van der Waals surface area contributed by atoms with Gasteiger partial charge in [0.1, 0.15) is 0 Å². The van der Waals surface area contributed by atoms with Gasteiger partial charge in [0.2, 0.25) is 0 Å². The molecule has 0 atom stereocenters. The van der Waals surface area contributed by atoms with Crippen LogP contribution in [0.1, 0.15) is 17.7 Å². The highest BCUT2D eigenvalue weighted by atomic mass is 35.5. The lowest BCUT2D eigenvalue weighted by molar-refractivity contribution is -0.136. The Morgan fingerprint density at radius 2 is 2.10 bits per heavy atom. The van der Waals surface area contributed by atoms with Gasteiger partial charge >= 0.3 is 5.97 Å². The van der Waals surface area contributed by atoms with Gasteiger partial charge in [0.15, 0.2) is 5.43 Å². The van der Waals surface area contributed by atoms with Gasteiger partial charge in [-0.05, 0) is 31.5 Å². The number of aryl methyl sites for hydroxylation is 2. The van der Waals surface area contributed by atoms with E-state index in [9.17, 15) is 9.59 Å². The van der Waals surface area contributed by atoms with Crippen LogP contribution in [0, 0.1) is 6.92 Å². The predicted octanol–water partition coefficient (Wildman–Crippen LogP) is 2.82. The smallest absolute Gasteiger partial charge is 0.303 e. The lowest BCUT2D eigenvalue weighted by Crippen LogP contribution is -2.15. The minimum absolute atomic E-state index is 0.0617. The molecule has 0 saturated heterocycles. The maximum Gasteiger partial charge on any atom is 0.303 e. The summed E-state index contributed by atoms with van der Waals surface area (Å²) in [7, 11) is 0. The number of benzene rings is 1. The number of aliphatic carboxylic acids is 1. The monoisotopic (exact) mass is 291 g/mol. The van der Waals surface area contributed by atoms with Crippen molar-refractivity contribution in [2.75, 3.05) is 0 Å². The van der Waals surface area contributed by atoms with E-state index >= 15 is 0 Å². The summed E-state index contributed by atoms with van der Waals surface area (Å²) in [6.07, 6.45) is 1.84. The fourth-order valence-electron chi connectivity index (χ4n) is 2.01. The van der Waals surface area contributed by atoms with Gasteiger partial charge in [-0.1, -0.05) is 17.7 Å². The summed E-state index contributed by atoms with van der Waals surface area (Å²) < 4.78 is 1.84. The molecular weight excluding hydrogens is 278 g/mol. The molecule has 2 rings (SSSR count). The number of halogens is 1. The van der Waals surface area contributed by atoms with Gasteiger partial charge < -0.3 is 9.67 Å². The van der Waals surface area contributed by atoms with E-state index in [-0.39, 0.29) is 18.3 Å². The highest BCUT2D eigenvalue weighted by molar-refractivity contribution is 6.30. The number of hydrogen-bond acceptors (Lipinski definition) is 2. The van der Waals surface area contributed by atoms with Gasteiger partial charge in [0.05, 0.1) is 0 Å². The van der Waals surface area contributed by atoms with Crippen LogP contribution in [0.5, 0.6) is 0 Å². The Bertz CT molecular complexity index is 707. The third kappa shape index (κ3) is 3.27. The number of aromatic nitrogens is 1. The molecule has 0 bridgehead atoms. The van der Waals surface area contributed by atoms with Crippen LogP contribution in [-0.4, -0.2) is 15.6 Å². The third-order valence-electron chi connectivity index (χ3n) is 3.02. The molecule has 0 radical (unpaired) electrons. The third-order valence-corrected chi connectivity index (χ3v) is 3.25. The van der Waals surface area contributed by atoms with Crippen LogP contribution >= 0.6 is 11.6 Å². The lowest BCUT2D eigenvalue weighted by Gasteiger charge is -2.12. The molecule has 1 aromatic heterocycles. The van der Waals surface area contributed by atoms with Crippen LogP contribution < -0.4 is 5.43 Å². The summed E-state index contributed by atoms with van der Waals surface area (Å²) in [4.78, 5) is 22.5. The molecule has 0 saturated carbocycles. The molecule has 1 N–H and O–H groups in total. The number of rotatable bonds is 4. The second-order valence-corrected chi connectivity index (χ2v) is 4.98. The topological polar surface area (TPSA) is 59.3 Å². The molecule has 0 unspecified atom stereocenters. The molecule has 0 aliphatic heterocycles. The van der Waals surface area contributed by atoms with Gasteiger partial charge in [0.25, 0.3) is 0 Å². The molecule has 0 fully saturated rings. The molecule has 2 aromatic rings. The van der Waals surface area contributed by atoms with E-state index in [1.165, 1.54) is 6.07 Å². The first-order valence-electron chi connectivity index (χ1n) is 6.17. The average molecular weight is 292 g/mol. The van der Waals surface area contributed by atoms with Crippen LogP contribution in [0.25, 0.3) is 5.69 Å². The van der Waals surface area contributed by atoms with E-state index in [2.05, 4.69) is 0 Å². The van der Waals surface area contributed by atoms with Crippen molar-refractivity contribution in [3.05, 3.63) is 63.0 Å². The van der Waals surface area contributed by atoms with Crippen molar-refractivity contribution in [2.24, 2.45) is 0 Å². The minimum atomic E-state index is -0.917. The Labute approximate surface area is 121 Å². The number of pyridine rings is 1. The van der Waals surface area contributed by atoms with Gasteiger partial charge in [-0.25, -0.2) is 0 Å². The molecule has 1 aromatic carbocycles. The second-order valence-electron chi connectivity index (χ2n) is 4.55. The Hall–Kier alpha value is -2.07. The molecule has 4 nitrogen and oxygen atoms in total. The minimum Gasteiger partial charge on any atom is -0.481 e. The summed E-state index contributed by atoms with van der Waals surface area (Å²) in [5.41, 5.74) is 1.96. The zero-order chi connectivity index (χ0) is 14.7. The van der Waals surface area contributed by atoms with Gasteiger partial charge in [0, 0.05) is 40.7 Å². The van der Waals surface area contributed by atoms with Crippen molar-refractivity contribution in [2.45, 2.75) is 19.8 Å². The van der Waals surface area contributed by atoms with Crippen molar-refractivity contribution in [1.82, 2.24) is 4.57 Å². The first-order valence-corrected chi connectivity index (χ1v) is 6.55. The first-order chi connectivity index (χ1) is 9.47. The second kappa shape index (κ2) is 5.92. The van der Waals surface area contributed by atoms with Gasteiger partial charge in [-0.2, -0.15) is 0 Å². The van der Waals surface area contributed by atoms with E-state index in [1.54, 1.807) is 18.3 Å². The average Bonchev–Trinajstić information content (AvgIpc) is 2.37. The highest BCUT2D eigenvalue weighted by Gasteiger charge is 2.08. The molecule has 20 heavy (non-hydrogen) atoms. The molecule has 0 amide bonds. The van der Waals surface area contributed by atoms with E-state index < -0.39 is 5.97 Å². The summed E-state index contributed by atoms with van der Waals surface area (Å²) >= 11 is 5.97. The predicted molar refractivity (Wildman–Crippen MR) is 77.7 cm³/mol. The summed E-state index contributed by atoms with van der Waals surface area (Å²) in [6, 6.07) is 8.78. The Morgan fingerprint density at radius 1 is 1.35 bits per heavy atom. The number of carboxylic acid groups (broad SMARTS) is 1. The fraction of sp³-hybridized carbons (Fsp3) is 0.200. The Balaban J connectivity index is 2.46. The number of carbonyl (C=O) groups is 1. The van der Waals surface area contributed by atoms with Gasteiger partial charge in [-0.3, -0.25) is 9.59 Å². The van der Waals surface area contributed by atoms with Crippen LogP contribution in [0.2, 0.25) is 5.02 Å². The molecule has 104 valence electrons. The quantitative estimate of drug-likeness (QED) is 0.942. The van der Waals surface area contributed by atoms with Crippen molar-refractivity contribution in [3.8, 4) is 5.69 Å². The Kier molecular flexibility index (Phi) is 4.25.